The van der Waals surface area contributed by atoms with Crippen molar-refractivity contribution in [3.63, 3.8) is 0 Å². The SMILES string of the molecule is CCCC(C)C(=O)Cc1ncnn1CC(C)C. The van der Waals surface area contributed by atoms with Crippen LogP contribution in [0.2, 0.25) is 0 Å². The molecule has 1 rings (SSSR count). The molecule has 1 unspecified atom stereocenters. The van der Waals surface area contributed by atoms with Crippen molar-refractivity contribution >= 4 is 5.78 Å². The average molecular weight is 237 g/mol. The molecule has 1 heterocycles. The molecule has 4 nitrogen and oxygen atoms in total. The lowest BCUT2D eigenvalue weighted by Crippen LogP contribution is -2.18. The Labute approximate surface area is 103 Å². The van der Waals surface area contributed by atoms with Gasteiger partial charge in [-0.3, -0.25) is 4.79 Å². The van der Waals surface area contributed by atoms with E-state index in [4.69, 9.17) is 0 Å². The maximum absolute atomic E-state index is 12.0. The second kappa shape index (κ2) is 6.52. The monoisotopic (exact) mass is 237 g/mol. The summed E-state index contributed by atoms with van der Waals surface area (Å²) in [5.74, 6) is 1.71. The van der Waals surface area contributed by atoms with Gasteiger partial charge in [0.15, 0.2) is 0 Å². The molecule has 0 amide bonds. The Hall–Kier alpha value is -1.19. The summed E-state index contributed by atoms with van der Waals surface area (Å²) < 4.78 is 1.85. The van der Waals surface area contributed by atoms with E-state index in [1.807, 2.05) is 11.6 Å². The molecule has 0 bridgehead atoms. The van der Waals surface area contributed by atoms with E-state index < -0.39 is 0 Å². The third-order valence-electron chi connectivity index (χ3n) is 2.84. The lowest BCUT2D eigenvalue weighted by molar-refractivity contribution is -0.122. The van der Waals surface area contributed by atoms with E-state index in [9.17, 15) is 4.79 Å². The van der Waals surface area contributed by atoms with E-state index in [2.05, 4.69) is 30.9 Å². The first kappa shape index (κ1) is 13.9. The second-order valence-electron chi connectivity index (χ2n) is 5.09. The summed E-state index contributed by atoms with van der Waals surface area (Å²) in [6.45, 7) is 9.19. The van der Waals surface area contributed by atoms with Gasteiger partial charge in [0.1, 0.15) is 17.9 Å². The Morgan fingerprint density at radius 3 is 2.71 bits per heavy atom. The van der Waals surface area contributed by atoms with Crippen molar-refractivity contribution in [3.05, 3.63) is 12.2 Å². The van der Waals surface area contributed by atoms with Crippen LogP contribution in [0.25, 0.3) is 0 Å². The first-order valence-electron chi connectivity index (χ1n) is 6.44. The second-order valence-corrected chi connectivity index (χ2v) is 5.09. The van der Waals surface area contributed by atoms with Crippen LogP contribution in [0.15, 0.2) is 6.33 Å². The molecule has 1 atom stereocenters. The Bertz CT molecular complexity index is 357. The van der Waals surface area contributed by atoms with Crippen LogP contribution < -0.4 is 0 Å². The van der Waals surface area contributed by atoms with Gasteiger partial charge in [-0.15, -0.1) is 0 Å². The van der Waals surface area contributed by atoms with Crippen LogP contribution in [0.4, 0.5) is 0 Å². The van der Waals surface area contributed by atoms with Gasteiger partial charge in [0, 0.05) is 12.5 Å². The molecular formula is C13H23N3O. The van der Waals surface area contributed by atoms with Crippen molar-refractivity contribution in [3.8, 4) is 0 Å². The minimum atomic E-state index is 0.129. The molecule has 0 aliphatic rings. The number of aromatic nitrogens is 3. The first-order chi connectivity index (χ1) is 8.04. The zero-order valence-electron chi connectivity index (χ0n) is 11.3. The molecule has 4 heteroatoms. The molecular weight excluding hydrogens is 214 g/mol. The van der Waals surface area contributed by atoms with E-state index in [1.54, 1.807) is 0 Å². The van der Waals surface area contributed by atoms with E-state index in [1.165, 1.54) is 6.33 Å². The van der Waals surface area contributed by atoms with Crippen LogP contribution in [0.1, 0.15) is 46.4 Å². The Morgan fingerprint density at radius 2 is 2.12 bits per heavy atom. The summed E-state index contributed by atoms with van der Waals surface area (Å²) in [5.41, 5.74) is 0. The Morgan fingerprint density at radius 1 is 1.41 bits per heavy atom. The highest BCUT2D eigenvalue weighted by Crippen LogP contribution is 2.10. The summed E-state index contributed by atoms with van der Waals surface area (Å²) in [6.07, 6.45) is 3.95. The van der Waals surface area contributed by atoms with Crippen LogP contribution in [-0.4, -0.2) is 20.5 Å². The van der Waals surface area contributed by atoms with Crippen LogP contribution in [0, 0.1) is 11.8 Å². The van der Waals surface area contributed by atoms with Crippen molar-refractivity contribution in [2.75, 3.05) is 0 Å². The molecule has 0 fully saturated rings. The van der Waals surface area contributed by atoms with Gasteiger partial charge in [0.05, 0.1) is 6.42 Å². The predicted molar refractivity (Wildman–Crippen MR) is 67.6 cm³/mol. The predicted octanol–water partition coefficient (Wildman–Crippen LogP) is 2.48. The normalized spacial score (nSPS) is 13.0. The number of rotatable bonds is 7. The zero-order valence-corrected chi connectivity index (χ0v) is 11.3. The average Bonchev–Trinajstić information content (AvgIpc) is 2.65. The van der Waals surface area contributed by atoms with E-state index in [0.29, 0.717) is 12.3 Å². The summed E-state index contributed by atoms with van der Waals surface area (Å²) >= 11 is 0. The third kappa shape index (κ3) is 4.29. The molecule has 0 N–H and O–H groups in total. The summed E-state index contributed by atoms with van der Waals surface area (Å²) in [7, 11) is 0. The molecule has 1 aromatic heterocycles. The smallest absolute Gasteiger partial charge is 0.143 e. The van der Waals surface area contributed by atoms with Crippen molar-refractivity contribution < 1.29 is 4.79 Å². The quantitative estimate of drug-likeness (QED) is 0.732. The Kier molecular flexibility index (Phi) is 5.32. The van der Waals surface area contributed by atoms with Gasteiger partial charge in [-0.1, -0.05) is 34.1 Å². The van der Waals surface area contributed by atoms with Crippen LogP contribution >= 0.6 is 0 Å². The topological polar surface area (TPSA) is 47.8 Å². The molecule has 17 heavy (non-hydrogen) atoms. The molecule has 0 radical (unpaired) electrons. The van der Waals surface area contributed by atoms with Gasteiger partial charge in [-0.2, -0.15) is 5.10 Å². The number of carbonyl (C=O) groups is 1. The number of carbonyl (C=O) groups excluding carboxylic acids is 1. The van der Waals surface area contributed by atoms with Gasteiger partial charge in [0.25, 0.3) is 0 Å². The lowest BCUT2D eigenvalue weighted by atomic mass is 9.98. The molecule has 0 spiro atoms. The summed E-state index contributed by atoms with van der Waals surface area (Å²) in [4.78, 5) is 16.1. The van der Waals surface area contributed by atoms with Crippen molar-refractivity contribution in [2.24, 2.45) is 11.8 Å². The maximum atomic E-state index is 12.0. The molecule has 0 aromatic carbocycles. The summed E-state index contributed by atoms with van der Waals surface area (Å²) in [6, 6.07) is 0. The van der Waals surface area contributed by atoms with Gasteiger partial charge in [-0.25, -0.2) is 9.67 Å². The number of hydrogen-bond acceptors (Lipinski definition) is 3. The lowest BCUT2D eigenvalue weighted by Gasteiger charge is -2.10. The molecule has 0 saturated heterocycles. The molecule has 0 aliphatic carbocycles. The standard InChI is InChI=1S/C13H23N3O/c1-5-6-11(4)12(17)7-13-14-9-15-16(13)8-10(2)3/h9-11H,5-8H2,1-4H3. The van der Waals surface area contributed by atoms with Crippen LogP contribution in [0.3, 0.4) is 0 Å². The van der Waals surface area contributed by atoms with Crippen molar-refractivity contribution in [1.82, 2.24) is 14.8 Å². The van der Waals surface area contributed by atoms with Crippen LogP contribution in [0.5, 0.6) is 0 Å². The van der Waals surface area contributed by atoms with Crippen molar-refractivity contribution in [1.29, 1.82) is 0 Å². The Balaban J connectivity index is 2.62. The van der Waals surface area contributed by atoms with Gasteiger partial charge in [0.2, 0.25) is 0 Å². The highest BCUT2D eigenvalue weighted by atomic mass is 16.1. The van der Waals surface area contributed by atoms with Crippen LogP contribution in [-0.2, 0) is 17.8 Å². The first-order valence-corrected chi connectivity index (χ1v) is 6.44. The van der Waals surface area contributed by atoms with Gasteiger partial charge >= 0.3 is 0 Å². The maximum Gasteiger partial charge on any atom is 0.143 e. The zero-order chi connectivity index (χ0) is 12.8. The molecule has 1 aromatic rings. The fourth-order valence-electron chi connectivity index (χ4n) is 1.85. The number of hydrogen-bond donors (Lipinski definition) is 0. The van der Waals surface area contributed by atoms with E-state index in [-0.39, 0.29) is 11.7 Å². The number of Topliss-reactive ketones (excluding diaryl/α,β-unsaturated/α-hetero) is 1. The number of ketones is 1. The fourth-order valence-corrected chi connectivity index (χ4v) is 1.85. The molecule has 96 valence electrons. The van der Waals surface area contributed by atoms with E-state index >= 15 is 0 Å². The van der Waals surface area contributed by atoms with Crippen molar-refractivity contribution in [2.45, 2.75) is 53.5 Å². The van der Waals surface area contributed by atoms with Gasteiger partial charge < -0.3 is 0 Å². The highest BCUT2D eigenvalue weighted by Gasteiger charge is 2.16. The summed E-state index contributed by atoms with van der Waals surface area (Å²) in [5, 5.41) is 4.17. The minimum Gasteiger partial charge on any atom is -0.299 e. The largest absolute Gasteiger partial charge is 0.299 e. The molecule has 0 saturated carbocycles. The molecule has 0 aliphatic heterocycles. The highest BCUT2D eigenvalue weighted by molar-refractivity contribution is 5.82. The third-order valence-corrected chi connectivity index (χ3v) is 2.84. The number of nitrogens with zero attached hydrogens (tertiary/aromatic N) is 3. The fraction of sp³-hybridized carbons (Fsp3) is 0.769. The van der Waals surface area contributed by atoms with E-state index in [0.717, 1.165) is 25.2 Å². The van der Waals surface area contributed by atoms with Gasteiger partial charge in [-0.05, 0) is 12.3 Å². The minimum absolute atomic E-state index is 0.129.